The molecular formula is C31H49NO2. The van der Waals surface area contributed by atoms with E-state index in [-0.39, 0.29) is 27.1 Å². The predicted octanol–water partition coefficient (Wildman–Crippen LogP) is 8.21. The molecule has 0 radical (unpaired) electrons. The highest BCUT2D eigenvalue weighted by molar-refractivity contribution is 5.90. The summed E-state index contributed by atoms with van der Waals surface area (Å²) in [5.41, 5.74) is 3.52. The van der Waals surface area contributed by atoms with Crippen LogP contribution in [0.4, 0.5) is 0 Å². The standard InChI is InChI=1S/C31H49NO2/c1-20(33)31-17-15-26(2,3)19-22(31)21-9-10-24-28(6)13-12-25(32-34)27(4,5)23(28)11-14-30(24,8)29(21,7)16-18-31/h9,22-24,34H,10-19H2,1-8H3/b32-25+/t22-,23-,24+,28-,29+,30+,31+/m0/s1. The van der Waals surface area contributed by atoms with Gasteiger partial charge in [-0.2, -0.15) is 0 Å². The Morgan fingerprint density at radius 1 is 0.941 bits per heavy atom. The highest BCUT2D eigenvalue weighted by Crippen LogP contribution is 2.75. The van der Waals surface area contributed by atoms with Crippen LogP contribution in [0.2, 0.25) is 0 Å². The van der Waals surface area contributed by atoms with Crippen LogP contribution in [0.15, 0.2) is 16.8 Å². The lowest BCUT2D eigenvalue weighted by Gasteiger charge is -2.71. The quantitative estimate of drug-likeness (QED) is 0.240. The van der Waals surface area contributed by atoms with E-state index in [1.807, 2.05) is 6.92 Å². The average Bonchev–Trinajstić information content (AvgIpc) is 2.73. The van der Waals surface area contributed by atoms with Gasteiger partial charge in [-0.05, 0) is 111 Å². The van der Waals surface area contributed by atoms with Gasteiger partial charge in [0.1, 0.15) is 5.78 Å². The first-order valence-electron chi connectivity index (χ1n) is 14.1. The number of hydrogen-bond acceptors (Lipinski definition) is 3. The fraction of sp³-hybridized carbons (Fsp3) is 0.871. The average molecular weight is 468 g/mol. The minimum Gasteiger partial charge on any atom is -0.411 e. The molecule has 1 N–H and O–H groups in total. The van der Waals surface area contributed by atoms with Crippen molar-refractivity contribution in [2.45, 2.75) is 120 Å². The van der Waals surface area contributed by atoms with Crippen LogP contribution in [0.1, 0.15) is 120 Å². The zero-order valence-electron chi connectivity index (χ0n) is 23.2. The number of rotatable bonds is 1. The number of oxime groups is 1. The Morgan fingerprint density at radius 2 is 1.62 bits per heavy atom. The zero-order chi connectivity index (χ0) is 24.9. The minimum atomic E-state index is -0.121. The second-order valence-electron chi connectivity index (χ2n) is 15.2. The number of ketones is 1. The first-order chi connectivity index (χ1) is 15.7. The van der Waals surface area contributed by atoms with E-state index in [2.05, 4.69) is 59.7 Å². The normalized spacial score (nSPS) is 50.3. The van der Waals surface area contributed by atoms with Gasteiger partial charge in [0.25, 0.3) is 0 Å². The molecule has 0 unspecified atom stereocenters. The molecule has 0 amide bonds. The van der Waals surface area contributed by atoms with Crippen molar-refractivity contribution in [1.82, 2.24) is 0 Å². The molecule has 34 heavy (non-hydrogen) atoms. The minimum absolute atomic E-state index is 0.0439. The van der Waals surface area contributed by atoms with E-state index in [1.54, 1.807) is 5.57 Å². The first-order valence-corrected chi connectivity index (χ1v) is 14.1. The molecule has 0 aromatic heterocycles. The van der Waals surface area contributed by atoms with Gasteiger partial charge in [0, 0.05) is 10.8 Å². The van der Waals surface area contributed by atoms with E-state index in [0.717, 1.165) is 50.7 Å². The molecule has 5 rings (SSSR count). The fourth-order valence-electron chi connectivity index (χ4n) is 10.9. The summed E-state index contributed by atoms with van der Waals surface area (Å²) in [7, 11) is 0. The number of hydrogen-bond donors (Lipinski definition) is 1. The summed E-state index contributed by atoms with van der Waals surface area (Å²) in [6.45, 7) is 19.2. The van der Waals surface area contributed by atoms with Crippen LogP contribution in [0.25, 0.3) is 0 Å². The number of fused-ring (bicyclic) bond motifs is 7. The van der Waals surface area contributed by atoms with Crippen molar-refractivity contribution in [2.24, 2.45) is 55.4 Å². The van der Waals surface area contributed by atoms with Gasteiger partial charge in [-0.25, -0.2) is 0 Å². The Morgan fingerprint density at radius 3 is 2.26 bits per heavy atom. The second kappa shape index (κ2) is 7.22. The molecule has 5 aliphatic rings. The molecule has 7 atom stereocenters. The third-order valence-electron chi connectivity index (χ3n) is 13.2. The Labute approximate surface area is 208 Å². The van der Waals surface area contributed by atoms with Crippen molar-refractivity contribution in [3.63, 3.8) is 0 Å². The van der Waals surface area contributed by atoms with Gasteiger partial charge in [-0.3, -0.25) is 4.79 Å². The summed E-state index contributed by atoms with van der Waals surface area (Å²) < 4.78 is 0. The Balaban J connectivity index is 1.60. The fourth-order valence-corrected chi connectivity index (χ4v) is 10.9. The largest absolute Gasteiger partial charge is 0.411 e. The molecule has 4 fully saturated rings. The molecule has 0 spiro atoms. The maximum atomic E-state index is 13.2. The van der Waals surface area contributed by atoms with Crippen molar-refractivity contribution >= 4 is 11.5 Å². The molecule has 0 aliphatic heterocycles. The number of nitrogens with zero attached hydrogens (tertiary/aromatic N) is 1. The van der Waals surface area contributed by atoms with Crippen LogP contribution >= 0.6 is 0 Å². The smallest absolute Gasteiger partial charge is 0.136 e. The van der Waals surface area contributed by atoms with E-state index < -0.39 is 0 Å². The highest BCUT2D eigenvalue weighted by Gasteiger charge is 2.68. The summed E-state index contributed by atoms with van der Waals surface area (Å²) >= 11 is 0. The molecule has 0 heterocycles. The van der Waals surface area contributed by atoms with Crippen molar-refractivity contribution in [2.75, 3.05) is 0 Å². The van der Waals surface area contributed by atoms with Gasteiger partial charge in [0.15, 0.2) is 0 Å². The number of carbonyl (C=O) groups excluding carboxylic acids is 1. The summed E-state index contributed by atoms with van der Waals surface area (Å²) in [6, 6.07) is 0. The number of carbonyl (C=O) groups is 1. The van der Waals surface area contributed by atoms with Crippen molar-refractivity contribution in [3.05, 3.63) is 11.6 Å². The Kier molecular flexibility index (Phi) is 5.22. The maximum Gasteiger partial charge on any atom is 0.136 e. The summed E-state index contributed by atoms with van der Waals surface area (Å²) in [5.74, 6) is 2.08. The second-order valence-corrected chi connectivity index (χ2v) is 15.2. The van der Waals surface area contributed by atoms with Crippen LogP contribution in [-0.4, -0.2) is 16.7 Å². The van der Waals surface area contributed by atoms with Crippen molar-refractivity contribution in [1.29, 1.82) is 0 Å². The lowest BCUT2D eigenvalue weighted by atomic mass is 9.33. The van der Waals surface area contributed by atoms with Gasteiger partial charge < -0.3 is 5.21 Å². The van der Waals surface area contributed by atoms with Crippen LogP contribution in [-0.2, 0) is 4.79 Å². The molecule has 5 aliphatic carbocycles. The van der Waals surface area contributed by atoms with Crippen LogP contribution in [0.5, 0.6) is 0 Å². The molecule has 3 heteroatoms. The predicted molar refractivity (Wildman–Crippen MR) is 139 cm³/mol. The molecule has 0 aromatic rings. The molecule has 4 saturated carbocycles. The van der Waals surface area contributed by atoms with Crippen LogP contribution in [0, 0.1) is 50.2 Å². The lowest BCUT2D eigenvalue weighted by Crippen LogP contribution is -2.64. The van der Waals surface area contributed by atoms with Crippen LogP contribution < -0.4 is 0 Å². The van der Waals surface area contributed by atoms with Crippen LogP contribution in [0.3, 0.4) is 0 Å². The highest BCUT2D eigenvalue weighted by atomic mass is 16.4. The molecule has 0 saturated heterocycles. The molecule has 190 valence electrons. The number of Topliss-reactive ketones (excluding diaryl/α,β-unsaturated/α-hetero) is 1. The van der Waals surface area contributed by atoms with Gasteiger partial charge in [0.05, 0.1) is 5.71 Å². The topological polar surface area (TPSA) is 49.7 Å². The maximum absolute atomic E-state index is 13.2. The number of allylic oxidation sites excluding steroid dienone is 2. The van der Waals surface area contributed by atoms with E-state index in [1.165, 1.54) is 19.3 Å². The van der Waals surface area contributed by atoms with Gasteiger partial charge in [-0.15, -0.1) is 0 Å². The molecular weight excluding hydrogens is 418 g/mol. The summed E-state index contributed by atoms with van der Waals surface area (Å²) in [6.07, 6.45) is 14.0. The SMILES string of the molecule is CC(=O)[C@]12CCC(C)(C)C[C@H]1C1=CC[C@@H]3[C@@]4(C)CC/C(=N\O)C(C)(C)[C@@H]4CC[C@@]3(C)[C@]1(C)CC2. The van der Waals surface area contributed by atoms with Gasteiger partial charge in [0.2, 0.25) is 0 Å². The molecule has 0 aromatic carbocycles. The van der Waals surface area contributed by atoms with Crippen molar-refractivity contribution < 1.29 is 10.0 Å². The zero-order valence-corrected chi connectivity index (χ0v) is 23.2. The summed E-state index contributed by atoms with van der Waals surface area (Å²) in [5, 5.41) is 13.5. The van der Waals surface area contributed by atoms with Gasteiger partial charge >= 0.3 is 0 Å². The van der Waals surface area contributed by atoms with E-state index in [4.69, 9.17) is 0 Å². The van der Waals surface area contributed by atoms with E-state index >= 15 is 0 Å². The van der Waals surface area contributed by atoms with E-state index in [9.17, 15) is 10.0 Å². The van der Waals surface area contributed by atoms with E-state index in [0.29, 0.717) is 29.0 Å². The lowest BCUT2D eigenvalue weighted by molar-refractivity contribution is -0.169. The van der Waals surface area contributed by atoms with Crippen molar-refractivity contribution in [3.8, 4) is 0 Å². The molecule has 0 bridgehead atoms. The third-order valence-corrected chi connectivity index (χ3v) is 13.2. The first kappa shape index (κ1) is 24.6. The summed E-state index contributed by atoms with van der Waals surface area (Å²) in [4.78, 5) is 13.2. The Hall–Kier alpha value is -1.12. The van der Waals surface area contributed by atoms with Gasteiger partial charge in [-0.1, -0.05) is 65.3 Å². The third kappa shape index (κ3) is 2.88. The Bertz CT molecular complexity index is 958. The monoisotopic (exact) mass is 467 g/mol. The molecule has 3 nitrogen and oxygen atoms in total.